The van der Waals surface area contributed by atoms with Crippen LogP contribution in [0, 0.1) is 51.0 Å². The summed E-state index contributed by atoms with van der Waals surface area (Å²) in [5.74, 6) is 2.91. The lowest BCUT2D eigenvalue weighted by Crippen LogP contribution is -2.41. The molecular weight excluding hydrogens is 1990 g/mol. The SMILES string of the molecule is CC(C)(C)c1nc2c(F)ccc(Cl)c2c(=O)n1C(C)(C)C.CC(C)(C)c1nc2cc(F)cc(Cl)c2c(=O)n1C(C)(C)C.CC(C)(C)c1nc2ccc(F)c(Cl)c2c(=O)n1C(C)(C)C.Cc1c(Cl)ccc2nc(C(C)(C)C)n(C(C)(C)C)c(=O)c12.Cc1c(F)ccc2nc(C(C)(C)C)n(C(C)(C)C)c(=O)c12.Cc1cc(Cl)cc2nc(C(C)(C)C)n(C(C)(C)C)c(=O)c12.Cc1ccc(Cl)c2nc(C(C)(C)C)n(C(C)(C)C)c(=O)c12. The molecule has 0 fully saturated rings. The van der Waals surface area contributed by atoms with Crippen LogP contribution in [0.25, 0.3) is 76.3 Å². The predicted octanol–water partition coefficient (Wildman–Crippen LogP) is 29.9. The van der Waals surface area contributed by atoms with Crippen molar-refractivity contribution in [2.75, 3.05) is 0 Å². The van der Waals surface area contributed by atoms with E-state index in [1.807, 2.05) is 272 Å². The van der Waals surface area contributed by atoms with Gasteiger partial charge in [-0.2, -0.15) is 0 Å². The molecule has 0 saturated heterocycles. The first kappa shape index (κ1) is 122. The molecule has 0 saturated carbocycles. The second-order valence-electron chi connectivity index (χ2n) is 52.1. The van der Waals surface area contributed by atoms with E-state index in [0.29, 0.717) is 92.7 Å². The Labute approximate surface area is 893 Å². The van der Waals surface area contributed by atoms with Gasteiger partial charge in [0.1, 0.15) is 69.6 Å². The van der Waals surface area contributed by atoms with Crippen molar-refractivity contribution in [2.45, 2.75) is 395 Å². The second kappa shape index (κ2) is 42.3. The number of fused-ring (bicyclic) bond motifs is 7. The van der Waals surface area contributed by atoms with Crippen molar-refractivity contribution in [2.24, 2.45) is 0 Å². The minimum Gasteiger partial charge on any atom is -0.290 e. The van der Waals surface area contributed by atoms with E-state index in [-0.39, 0.29) is 131 Å². The van der Waals surface area contributed by atoms with Gasteiger partial charge in [0.2, 0.25) is 0 Å². The molecule has 31 heteroatoms. The van der Waals surface area contributed by atoms with Crippen LogP contribution in [0.15, 0.2) is 118 Å². The summed E-state index contributed by atoms with van der Waals surface area (Å²) in [5, 5.41) is 4.70. The fourth-order valence-electron chi connectivity index (χ4n) is 17.2. The summed E-state index contributed by atoms with van der Waals surface area (Å²) in [7, 11) is 0. The lowest BCUT2D eigenvalue weighted by molar-refractivity contribution is 0.337. The van der Waals surface area contributed by atoms with E-state index in [1.165, 1.54) is 36.4 Å². The molecule has 7 aromatic heterocycles. The first-order valence-corrected chi connectivity index (χ1v) is 51.5. The van der Waals surface area contributed by atoms with E-state index in [0.717, 1.165) is 46.1 Å². The van der Waals surface area contributed by atoms with Crippen molar-refractivity contribution in [1.82, 2.24) is 66.9 Å². The van der Waals surface area contributed by atoms with Crippen molar-refractivity contribution < 1.29 is 17.6 Å². The van der Waals surface area contributed by atoms with E-state index < -0.39 is 45.0 Å². The van der Waals surface area contributed by atoms with Crippen LogP contribution < -0.4 is 38.9 Å². The van der Waals surface area contributed by atoms with E-state index in [1.54, 1.807) is 58.6 Å². The number of aromatic nitrogens is 14. The molecule has 0 radical (unpaired) electrons. The average Bonchev–Trinajstić information content (AvgIpc) is 0.745. The summed E-state index contributed by atoms with van der Waals surface area (Å²) in [5.41, 5.74) is 0.389. The molecule has 21 nitrogen and oxygen atoms in total. The fraction of sp³-hybridized carbons (Fsp3) is 0.517. The van der Waals surface area contributed by atoms with Gasteiger partial charge in [0.25, 0.3) is 38.9 Å². The maximum Gasteiger partial charge on any atom is 0.263 e. The van der Waals surface area contributed by atoms with Gasteiger partial charge in [0, 0.05) is 92.8 Å². The number of hydrogen-bond acceptors (Lipinski definition) is 14. The van der Waals surface area contributed by atoms with Gasteiger partial charge in [-0.05, 0) is 268 Å². The van der Waals surface area contributed by atoms with E-state index >= 15 is 0 Å². The Hall–Kier alpha value is -10.0. The molecule has 147 heavy (non-hydrogen) atoms. The standard InChI is InChI=1S/3C17H23ClN2O.C17H23FN2O.3C16H20ClFN2O/c1-10-8-11(18)9-12-13(10)14(21)20(17(5,6)7)15(19-12)16(2,3)4;1-10-11(18)8-9-12-13(10)14(21)20(17(5,6)7)15(19-12)16(2,3)4;1-10-8-9-11(18)13-12(10)14(21)20(17(5,6)7)15(19-13)16(2,3)4;1-10-11(18)8-9-12-13(10)14(21)20(17(5,6)7)15(19-12)16(2,3)4;1-15(2,3)14-19-11-8-9(18)7-10(17)12(11)13(21)20(14)16(4,5)6;1-15(2,3)14-19-10-8-7-9(18)12(17)11(10)13(21)20(14)16(4,5)6;1-15(2,3)14-19-12-10(18)8-7-9(17)11(12)13(21)20(14)16(4,5)6/h4*8-9H,1-7H3;3*7-8H,1-6H3. The lowest BCUT2D eigenvalue weighted by Gasteiger charge is -2.31. The number of rotatable bonds is 0. The maximum absolute atomic E-state index is 14.1. The van der Waals surface area contributed by atoms with E-state index in [2.05, 4.69) is 82.2 Å². The Morgan fingerprint density at radius 2 is 0.483 bits per heavy atom. The molecule has 14 aromatic rings. The Morgan fingerprint density at radius 3 is 0.844 bits per heavy atom. The number of benzene rings is 7. The van der Waals surface area contributed by atoms with Gasteiger partial charge in [-0.25, -0.2) is 52.4 Å². The van der Waals surface area contributed by atoms with Gasteiger partial charge < -0.3 is 0 Å². The lowest BCUT2D eigenvalue weighted by atomic mass is 9.92. The predicted molar refractivity (Wildman–Crippen MR) is 607 cm³/mol. The van der Waals surface area contributed by atoms with Crippen molar-refractivity contribution in [1.29, 1.82) is 0 Å². The largest absolute Gasteiger partial charge is 0.290 e. The zero-order valence-corrected chi connectivity index (χ0v) is 99.5. The van der Waals surface area contributed by atoms with Crippen LogP contribution in [0.2, 0.25) is 30.1 Å². The molecule has 0 spiro atoms. The Kier molecular flexibility index (Phi) is 35.2. The first-order valence-electron chi connectivity index (χ1n) is 49.3. The average molecular weight is 2140 g/mol. The highest BCUT2D eigenvalue weighted by molar-refractivity contribution is 6.37. The molecule has 0 unspecified atom stereocenters. The number of nitrogens with zero attached hydrogens (tertiary/aromatic N) is 14. The molecule has 0 aliphatic carbocycles. The van der Waals surface area contributed by atoms with Crippen molar-refractivity contribution in [3.05, 3.63) is 274 Å². The van der Waals surface area contributed by atoms with Crippen molar-refractivity contribution in [3.8, 4) is 0 Å². The minimum atomic E-state index is -0.605. The third-order valence-corrected chi connectivity index (χ3v) is 25.8. The number of hydrogen-bond donors (Lipinski definition) is 0. The molecule has 0 amide bonds. The molecule has 7 heterocycles. The van der Waals surface area contributed by atoms with Gasteiger partial charge in [0.05, 0.1) is 90.9 Å². The molecule has 0 bridgehead atoms. The topological polar surface area (TPSA) is 244 Å². The van der Waals surface area contributed by atoms with Crippen LogP contribution in [-0.2, 0) is 76.7 Å². The summed E-state index contributed by atoms with van der Waals surface area (Å²) in [6, 6.07) is 21.6. The smallest absolute Gasteiger partial charge is 0.263 e. The van der Waals surface area contributed by atoms with Gasteiger partial charge in [-0.15, -0.1) is 0 Å². The van der Waals surface area contributed by atoms with Crippen LogP contribution in [0.5, 0.6) is 0 Å². The van der Waals surface area contributed by atoms with E-state index in [4.69, 9.17) is 84.6 Å². The van der Waals surface area contributed by atoms with Crippen molar-refractivity contribution in [3.63, 3.8) is 0 Å². The molecular formula is C116H152Cl6F4N14O7. The van der Waals surface area contributed by atoms with Gasteiger partial charge in [0.15, 0.2) is 0 Å². The third kappa shape index (κ3) is 26.6. The number of aryl methyl sites for hydroxylation is 4. The van der Waals surface area contributed by atoms with Crippen LogP contribution in [0.3, 0.4) is 0 Å². The van der Waals surface area contributed by atoms with Gasteiger partial charge in [-0.3, -0.25) is 65.5 Å². The maximum atomic E-state index is 14.1. The third-order valence-electron chi connectivity index (χ3n) is 23.9. The molecule has 0 aliphatic heterocycles. The summed E-state index contributed by atoms with van der Waals surface area (Å²) in [4.78, 5) is 123. The zero-order chi connectivity index (χ0) is 113. The Bertz CT molecular complexity index is 7300. The van der Waals surface area contributed by atoms with E-state index in [9.17, 15) is 51.1 Å². The first-order chi connectivity index (χ1) is 66.1. The Balaban J connectivity index is 0.000000209. The monoisotopic (exact) mass is 2140 g/mol. The quantitative estimate of drug-likeness (QED) is 0.128. The molecule has 798 valence electrons. The summed E-state index contributed by atoms with van der Waals surface area (Å²) in [6.45, 7) is 91.3. The normalized spacial score (nSPS) is 13.0. The van der Waals surface area contributed by atoms with Crippen LogP contribution >= 0.6 is 69.6 Å². The highest BCUT2D eigenvalue weighted by Crippen LogP contribution is 2.39. The summed E-state index contributed by atoms with van der Waals surface area (Å²) >= 11 is 36.7. The molecule has 14 rings (SSSR count). The highest BCUT2D eigenvalue weighted by atomic mass is 35.5. The van der Waals surface area contributed by atoms with Crippen LogP contribution in [0.4, 0.5) is 17.6 Å². The van der Waals surface area contributed by atoms with Crippen LogP contribution in [-0.4, -0.2) is 66.9 Å². The molecule has 7 aromatic carbocycles. The minimum absolute atomic E-state index is 0.00610. The van der Waals surface area contributed by atoms with Gasteiger partial charge >= 0.3 is 0 Å². The Morgan fingerprint density at radius 1 is 0.218 bits per heavy atom. The summed E-state index contributed by atoms with van der Waals surface area (Å²) in [6.07, 6.45) is 0. The zero-order valence-electron chi connectivity index (χ0n) is 95.0. The summed E-state index contributed by atoms with van der Waals surface area (Å²) < 4.78 is 67.1. The molecule has 0 aliphatic rings. The fourth-order valence-corrected chi connectivity index (χ4v) is 18.6. The molecule has 0 N–H and O–H groups in total. The second-order valence-corrected chi connectivity index (χ2v) is 54.5. The molecule has 0 atom stereocenters. The van der Waals surface area contributed by atoms with Crippen molar-refractivity contribution >= 4 is 146 Å². The highest BCUT2D eigenvalue weighted by Gasteiger charge is 2.39. The van der Waals surface area contributed by atoms with Crippen LogP contribution in [0.1, 0.15) is 354 Å². The van der Waals surface area contributed by atoms with Gasteiger partial charge in [-0.1, -0.05) is 221 Å². The number of halogens is 10.